The van der Waals surface area contributed by atoms with E-state index in [0.29, 0.717) is 6.42 Å². The Morgan fingerprint density at radius 1 is 1.17 bits per heavy atom. The molecule has 0 bridgehead atoms. The van der Waals surface area contributed by atoms with Gasteiger partial charge >= 0.3 is 11.9 Å². The van der Waals surface area contributed by atoms with Gasteiger partial charge in [-0.3, -0.25) is 0 Å². The van der Waals surface area contributed by atoms with E-state index in [1.807, 2.05) is 6.92 Å². The summed E-state index contributed by atoms with van der Waals surface area (Å²) in [5, 5.41) is 17.1. The fourth-order valence-corrected chi connectivity index (χ4v) is 2.97. The maximum absolute atomic E-state index is 11.4. The third-order valence-electron chi connectivity index (χ3n) is 2.89. The van der Waals surface area contributed by atoms with Crippen molar-refractivity contribution < 1.29 is 28.2 Å². The third kappa shape index (κ3) is 5.84. The van der Waals surface area contributed by atoms with Crippen LogP contribution in [0.5, 0.6) is 0 Å². The van der Waals surface area contributed by atoms with Crippen molar-refractivity contribution in [2.24, 2.45) is 0 Å². The lowest BCUT2D eigenvalue weighted by molar-refractivity contribution is 0.0696. The number of aromatic carboxylic acids is 2. The van der Waals surface area contributed by atoms with E-state index in [-0.39, 0.29) is 22.0 Å². The molecule has 0 saturated carbocycles. The number of hydrogen-bond acceptors (Lipinski definition) is 5. The monoisotopic (exact) mass is 354 g/mol. The molecule has 24 heavy (non-hydrogen) atoms. The van der Waals surface area contributed by atoms with Gasteiger partial charge in [0.2, 0.25) is 15.0 Å². The predicted molar refractivity (Wildman–Crippen MR) is 85.9 cm³/mol. The maximum atomic E-state index is 11.4. The second kappa shape index (κ2) is 8.82. The quantitative estimate of drug-likeness (QED) is 0.722. The number of H-pyrrole nitrogens is 1. The van der Waals surface area contributed by atoms with Crippen LogP contribution in [0, 0.1) is 0 Å². The first-order valence-electron chi connectivity index (χ1n) is 7.06. The van der Waals surface area contributed by atoms with Crippen molar-refractivity contribution in [2.75, 3.05) is 5.75 Å². The second-order valence-electron chi connectivity index (χ2n) is 4.76. The highest BCUT2D eigenvalue weighted by molar-refractivity contribution is 7.91. The average Bonchev–Trinajstić information content (AvgIpc) is 3.09. The van der Waals surface area contributed by atoms with E-state index in [4.69, 9.17) is 10.2 Å². The molecule has 130 valence electrons. The standard InChI is InChI=1S/C8H6O4.C7H12N2O2S/c9-7(10)5-2-1-3-6(4-5)8(11)12;1-2-3-6-12(10,11)7-8-4-5-9-7/h1-4H,(H,9,10)(H,11,12);4-5H,2-3,6H2,1H3,(H,8,9). The molecule has 1 heterocycles. The lowest BCUT2D eigenvalue weighted by Gasteiger charge is -1.97. The molecule has 0 radical (unpaired) electrons. The lowest BCUT2D eigenvalue weighted by Crippen LogP contribution is -2.08. The Balaban J connectivity index is 0.000000240. The van der Waals surface area contributed by atoms with Gasteiger partial charge in [0.25, 0.3) is 0 Å². The number of imidazole rings is 1. The molecular weight excluding hydrogens is 336 g/mol. The first-order chi connectivity index (χ1) is 11.3. The molecule has 9 heteroatoms. The van der Waals surface area contributed by atoms with Gasteiger partial charge in [-0.25, -0.2) is 23.0 Å². The Bertz CT molecular complexity index is 755. The second-order valence-corrected chi connectivity index (χ2v) is 6.78. The van der Waals surface area contributed by atoms with Crippen LogP contribution in [-0.4, -0.2) is 46.3 Å². The van der Waals surface area contributed by atoms with Gasteiger partial charge in [0.05, 0.1) is 16.9 Å². The number of rotatable bonds is 6. The third-order valence-corrected chi connectivity index (χ3v) is 4.53. The molecule has 8 nitrogen and oxygen atoms in total. The minimum atomic E-state index is -3.15. The summed E-state index contributed by atoms with van der Waals surface area (Å²) in [5.41, 5.74) is -0.0372. The van der Waals surface area contributed by atoms with Crippen LogP contribution in [0.2, 0.25) is 0 Å². The molecule has 0 amide bonds. The van der Waals surface area contributed by atoms with E-state index in [2.05, 4.69) is 9.97 Å². The number of carbonyl (C=O) groups is 2. The number of benzene rings is 1. The van der Waals surface area contributed by atoms with E-state index >= 15 is 0 Å². The van der Waals surface area contributed by atoms with Crippen molar-refractivity contribution >= 4 is 21.8 Å². The van der Waals surface area contributed by atoms with Gasteiger partial charge in [0.1, 0.15) is 0 Å². The fraction of sp³-hybridized carbons (Fsp3) is 0.267. The topological polar surface area (TPSA) is 137 Å². The molecule has 0 unspecified atom stereocenters. The largest absolute Gasteiger partial charge is 0.478 e. The number of carboxylic acid groups (broad SMARTS) is 2. The SMILES string of the molecule is CCCCS(=O)(=O)c1ncc[nH]1.O=C(O)c1cccc(C(=O)O)c1. The molecule has 0 spiro atoms. The summed E-state index contributed by atoms with van der Waals surface area (Å²) in [7, 11) is -3.15. The summed E-state index contributed by atoms with van der Waals surface area (Å²) in [6.07, 6.45) is 4.51. The lowest BCUT2D eigenvalue weighted by atomic mass is 10.1. The van der Waals surface area contributed by atoms with E-state index < -0.39 is 21.8 Å². The van der Waals surface area contributed by atoms with Crippen LogP contribution in [-0.2, 0) is 9.84 Å². The molecule has 0 aliphatic rings. The van der Waals surface area contributed by atoms with Gasteiger partial charge in [0, 0.05) is 12.4 Å². The summed E-state index contributed by atoms with van der Waals surface area (Å²) >= 11 is 0. The Morgan fingerprint density at radius 3 is 2.17 bits per heavy atom. The fourth-order valence-electron chi connectivity index (χ4n) is 1.64. The number of nitrogens with one attached hydrogen (secondary N) is 1. The van der Waals surface area contributed by atoms with Gasteiger partial charge in [-0.2, -0.15) is 0 Å². The number of aromatic nitrogens is 2. The molecule has 1 aromatic heterocycles. The maximum Gasteiger partial charge on any atom is 0.335 e. The molecule has 1 aromatic carbocycles. The summed E-state index contributed by atoms with van der Waals surface area (Å²) in [4.78, 5) is 27.1. The van der Waals surface area contributed by atoms with Crippen LogP contribution >= 0.6 is 0 Å². The van der Waals surface area contributed by atoms with Crippen molar-refractivity contribution in [3.8, 4) is 0 Å². The molecule has 0 aliphatic heterocycles. The highest BCUT2D eigenvalue weighted by atomic mass is 32.2. The van der Waals surface area contributed by atoms with Gasteiger partial charge in [-0.15, -0.1) is 0 Å². The zero-order valence-electron chi connectivity index (χ0n) is 13.0. The van der Waals surface area contributed by atoms with Crippen molar-refractivity contribution in [1.82, 2.24) is 9.97 Å². The Hall–Kier alpha value is -2.68. The summed E-state index contributed by atoms with van der Waals surface area (Å²) in [6.45, 7) is 1.96. The van der Waals surface area contributed by atoms with Crippen molar-refractivity contribution in [1.29, 1.82) is 0 Å². The van der Waals surface area contributed by atoms with Crippen LogP contribution in [0.25, 0.3) is 0 Å². The highest BCUT2D eigenvalue weighted by Gasteiger charge is 2.15. The zero-order chi connectivity index (χ0) is 18.2. The minimum Gasteiger partial charge on any atom is -0.478 e. The molecule has 2 aromatic rings. The van der Waals surface area contributed by atoms with Gasteiger partial charge in [-0.1, -0.05) is 19.4 Å². The number of aromatic amines is 1. The van der Waals surface area contributed by atoms with Crippen LogP contribution in [0.1, 0.15) is 40.5 Å². The zero-order valence-corrected chi connectivity index (χ0v) is 13.8. The van der Waals surface area contributed by atoms with Crippen LogP contribution in [0.4, 0.5) is 0 Å². The van der Waals surface area contributed by atoms with Crippen LogP contribution in [0.15, 0.2) is 41.8 Å². The van der Waals surface area contributed by atoms with Crippen molar-refractivity contribution in [3.05, 3.63) is 47.8 Å². The molecule has 0 saturated heterocycles. The minimum absolute atomic E-state index is 0.0186. The molecule has 2 rings (SSSR count). The Morgan fingerprint density at radius 2 is 1.75 bits per heavy atom. The average molecular weight is 354 g/mol. The first kappa shape index (κ1) is 19.4. The van der Waals surface area contributed by atoms with Gasteiger partial charge in [-0.05, 0) is 24.6 Å². The molecular formula is C15H18N2O6S. The molecule has 0 aliphatic carbocycles. The number of unbranched alkanes of at least 4 members (excludes halogenated alkanes) is 1. The number of hydrogen-bond donors (Lipinski definition) is 3. The van der Waals surface area contributed by atoms with Crippen molar-refractivity contribution in [3.63, 3.8) is 0 Å². The van der Waals surface area contributed by atoms with E-state index in [1.165, 1.54) is 30.6 Å². The van der Waals surface area contributed by atoms with Crippen molar-refractivity contribution in [2.45, 2.75) is 24.9 Å². The van der Waals surface area contributed by atoms with Crippen LogP contribution in [0.3, 0.4) is 0 Å². The Labute approximate surface area is 139 Å². The van der Waals surface area contributed by atoms with E-state index in [9.17, 15) is 18.0 Å². The molecule has 0 atom stereocenters. The predicted octanol–water partition coefficient (Wildman–Crippen LogP) is 2.07. The molecule has 3 N–H and O–H groups in total. The summed E-state index contributed by atoms with van der Waals surface area (Å²) in [5.74, 6) is -2.08. The number of carboxylic acids is 2. The summed E-state index contributed by atoms with van der Waals surface area (Å²) < 4.78 is 22.7. The highest BCUT2D eigenvalue weighted by Crippen LogP contribution is 2.06. The molecule has 0 fully saturated rings. The van der Waals surface area contributed by atoms with Gasteiger partial charge < -0.3 is 15.2 Å². The Kier molecular flexibility index (Phi) is 7.12. The number of nitrogens with zero attached hydrogens (tertiary/aromatic N) is 1. The smallest absolute Gasteiger partial charge is 0.335 e. The van der Waals surface area contributed by atoms with E-state index in [1.54, 1.807) is 0 Å². The number of sulfone groups is 1. The normalized spacial score (nSPS) is 10.5. The first-order valence-corrected chi connectivity index (χ1v) is 8.72. The van der Waals surface area contributed by atoms with Crippen LogP contribution < -0.4 is 0 Å². The van der Waals surface area contributed by atoms with Gasteiger partial charge in [0.15, 0.2) is 0 Å². The summed E-state index contributed by atoms with van der Waals surface area (Å²) in [6, 6.07) is 5.20. The van der Waals surface area contributed by atoms with E-state index in [0.717, 1.165) is 12.5 Å².